The van der Waals surface area contributed by atoms with Gasteiger partial charge in [0.1, 0.15) is 11.5 Å². The Morgan fingerprint density at radius 1 is 1.00 bits per heavy atom. The fraction of sp³-hybridized carbons (Fsp3) is 0.200. The van der Waals surface area contributed by atoms with Crippen molar-refractivity contribution in [2.75, 3.05) is 18.9 Å². The summed E-state index contributed by atoms with van der Waals surface area (Å²) in [6.07, 6.45) is 0. The van der Waals surface area contributed by atoms with E-state index in [0.717, 1.165) is 5.56 Å². The first-order valence-corrected chi connectivity index (χ1v) is 8.24. The second-order valence-electron chi connectivity index (χ2n) is 4.58. The van der Waals surface area contributed by atoms with Crippen molar-refractivity contribution < 1.29 is 17.9 Å². The molecule has 0 saturated heterocycles. The van der Waals surface area contributed by atoms with Gasteiger partial charge in [-0.15, -0.1) is 0 Å². The Balaban J connectivity index is 2.40. The SMILES string of the molecule is COc1ccc(S(=O)(=O)Nc2cc(Cl)ccc2OC)cc1C. The average Bonchev–Trinajstić information content (AvgIpc) is 2.47. The number of anilines is 1. The van der Waals surface area contributed by atoms with E-state index in [1.165, 1.54) is 32.4 Å². The van der Waals surface area contributed by atoms with Gasteiger partial charge in [-0.1, -0.05) is 11.6 Å². The number of hydrogen-bond donors (Lipinski definition) is 1. The molecule has 2 rings (SSSR count). The number of rotatable bonds is 5. The van der Waals surface area contributed by atoms with Crippen LogP contribution >= 0.6 is 11.6 Å². The van der Waals surface area contributed by atoms with Crippen LogP contribution in [0.25, 0.3) is 0 Å². The second kappa shape index (κ2) is 6.46. The maximum Gasteiger partial charge on any atom is 0.262 e. The Bertz CT molecular complexity index is 790. The first-order chi connectivity index (χ1) is 10.4. The van der Waals surface area contributed by atoms with E-state index in [2.05, 4.69) is 4.72 Å². The third kappa shape index (κ3) is 3.45. The molecule has 22 heavy (non-hydrogen) atoms. The van der Waals surface area contributed by atoms with Crippen molar-refractivity contribution in [3.63, 3.8) is 0 Å². The molecule has 0 aliphatic rings. The molecule has 0 aliphatic heterocycles. The normalized spacial score (nSPS) is 11.1. The molecule has 0 amide bonds. The lowest BCUT2D eigenvalue weighted by Crippen LogP contribution is -2.14. The largest absolute Gasteiger partial charge is 0.496 e. The summed E-state index contributed by atoms with van der Waals surface area (Å²) < 4.78 is 37.7. The zero-order valence-corrected chi connectivity index (χ0v) is 14.0. The Hall–Kier alpha value is -1.92. The number of nitrogens with one attached hydrogen (secondary N) is 1. The summed E-state index contributed by atoms with van der Waals surface area (Å²) in [6.45, 7) is 1.78. The van der Waals surface area contributed by atoms with Crippen LogP contribution in [0.4, 0.5) is 5.69 Å². The monoisotopic (exact) mass is 341 g/mol. The molecule has 0 fully saturated rings. The summed E-state index contributed by atoms with van der Waals surface area (Å²) in [6, 6.07) is 9.34. The summed E-state index contributed by atoms with van der Waals surface area (Å²) >= 11 is 5.91. The average molecular weight is 342 g/mol. The van der Waals surface area contributed by atoms with Gasteiger partial charge in [-0.25, -0.2) is 8.42 Å². The Labute approximate surface area is 134 Å². The summed E-state index contributed by atoms with van der Waals surface area (Å²) in [4.78, 5) is 0.132. The molecular formula is C15H16ClNO4S. The van der Waals surface area contributed by atoms with Gasteiger partial charge in [0.05, 0.1) is 24.8 Å². The number of sulfonamides is 1. The quantitative estimate of drug-likeness (QED) is 0.904. The van der Waals surface area contributed by atoms with Crippen molar-refractivity contribution in [3.05, 3.63) is 47.0 Å². The summed E-state index contributed by atoms with van der Waals surface area (Å²) in [7, 11) is -0.764. The smallest absolute Gasteiger partial charge is 0.262 e. The molecule has 0 saturated carbocycles. The van der Waals surface area contributed by atoms with E-state index >= 15 is 0 Å². The van der Waals surface area contributed by atoms with Gasteiger partial charge in [-0.05, 0) is 48.9 Å². The lowest BCUT2D eigenvalue weighted by atomic mass is 10.2. The highest BCUT2D eigenvalue weighted by Gasteiger charge is 2.18. The molecule has 1 N–H and O–H groups in total. The minimum Gasteiger partial charge on any atom is -0.496 e. The summed E-state index contributed by atoms with van der Waals surface area (Å²) in [5.41, 5.74) is 1.01. The number of aryl methyl sites for hydroxylation is 1. The van der Waals surface area contributed by atoms with E-state index in [9.17, 15) is 8.42 Å². The maximum atomic E-state index is 12.5. The van der Waals surface area contributed by atoms with Gasteiger partial charge in [-0.3, -0.25) is 4.72 Å². The summed E-state index contributed by atoms with van der Waals surface area (Å²) in [5.74, 6) is 1.01. The molecule has 0 radical (unpaired) electrons. The van der Waals surface area contributed by atoms with E-state index in [1.54, 1.807) is 25.1 Å². The molecule has 0 aromatic heterocycles. The van der Waals surface area contributed by atoms with Crippen molar-refractivity contribution in [2.24, 2.45) is 0 Å². The molecule has 2 aromatic carbocycles. The first kappa shape index (κ1) is 16.5. The highest BCUT2D eigenvalue weighted by Crippen LogP contribution is 2.30. The number of hydrogen-bond acceptors (Lipinski definition) is 4. The van der Waals surface area contributed by atoms with Crippen molar-refractivity contribution >= 4 is 27.3 Å². The molecule has 0 aliphatic carbocycles. The number of methoxy groups -OCH3 is 2. The minimum atomic E-state index is -3.75. The highest BCUT2D eigenvalue weighted by atomic mass is 35.5. The van der Waals surface area contributed by atoms with Crippen molar-refractivity contribution in [3.8, 4) is 11.5 Å². The van der Waals surface area contributed by atoms with Gasteiger partial charge in [0, 0.05) is 5.02 Å². The van der Waals surface area contributed by atoms with E-state index in [-0.39, 0.29) is 10.6 Å². The number of halogens is 1. The topological polar surface area (TPSA) is 64.6 Å². The Kier molecular flexibility index (Phi) is 4.83. The van der Waals surface area contributed by atoms with Crippen LogP contribution in [-0.4, -0.2) is 22.6 Å². The van der Waals surface area contributed by atoms with Gasteiger partial charge < -0.3 is 9.47 Å². The Morgan fingerprint density at radius 3 is 2.23 bits per heavy atom. The van der Waals surface area contributed by atoms with Crippen LogP contribution in [0.2, 0.25) is 5.02 Å². The lowest BCUT2D eigenvalue weighted by Gasteiger charge is -2.13. The van der Waals surface area contributed by atoms with Gasteiger partial charge in [0.25, 0.3) is 10.0 Å². The second-order valence-corrected chi connectivity index (χ2v) is 6.70. The van der Waals surface area contributed by atoms with Gasteiger partial charge in [0.15, 0.2) is 0 Å². The fourth-order valence-corrected chi connectivity index (χ4v) is 3.30. The van der Waals surface area contributed by atoms with Crippen LogP contribution in [0, 0.1) is 6.92 Å². The van der Waals surface area contributed by atoms with Crippen LogP contribution in [0.5, 0.6) is 11.5 Å². The lowest BCUT2D eigenvalue weighted by molar-refractivity contribution is 0.411. The van der Waals surface area contributed by atoms with E-state index < -0.39 is 10.0 Å². The van der Waals surface area contributed by atoms with E-state index in [0.29, 0.717) is 16.5 Å². The predicted molar refractivity (Wildman–Crippen MR) is 86.5 cm³/mol. The molecule has 0 unspecified atom stereocenters. The van der Waals surface area contributed by atoms with Gasteiger partial charge in [0.2, 0.25) is 0 Å². The standard InChI is InChI=1S/C15H16ClNO4S/c1-10-8-12(5-7-14(10)20-2)22(18,19)17-13-9-11(16)4-6-15(13)21-3/h4-9,17H,1-3H3. The molecule has 2 aromatic rings. The molecule has 0 atom stereocenters. The van der Waals surface area contributed by atoms with Gasteiger partial charge in [-0.2, -0.15) is 0 Å². The van der Waals surface area contributed by atoms with Crippen LogP contribution in [0.15, 0.2) is 41.3 Å². The molecule has 7 heteroatoms. The van der Waals surface area contributed by atoms with Gasteiger partial charge >= 0.3 is 0 Å². The highest BCUT2D eigenvalue weighted by molar-refractivity contribution is 7.92. The third-order valence-electron chi connectivity index (χ3n) is 3.08. The molecule has 0 bridgehead atoms. The van der Waals surface area contributed by atoms with E-state index in [1.807, 2.05) is 0 Å². The van der Waals surface area contributed by atoms with Crippen LogP contribution in [0.3, 0.4) is 0 Å². The third-order valence-corrected chi connectivity index (χ3v) is 4.68. The zero-order valence-electron chi connectivity index (χ0n) is 12.4. The Morgan fingerprint density at radius 2 is 1.64 bits per heavy atom. The van der Waals surface area contributed by atoms with Crippen LogP contribution in [-0.2, 0) is 10.0 Å². The molecule has 5 nitrogen and oxygen atoms in total. The fourth-order valence-electron chi connectivity index (χ4n) is 1.98. The van der Waals surface area contributed by atoms with Crippen LogP contribution in [0.1, 0.15) is 5.56 Å². The number of ether oxygens (including phenoxy) is 2. The zero-order chi connectivity index (χ0) is 16.3. The maximum absolute atomic E-state index is 12.5. The minimum absolute atomic E-state index is 0.132. The van der Waals surface area contributed by atoms with Crippen LogP contribution < -0.4 is 14.2 Å². The predicted octanol–water partition coefficient (Wildman–Crippen LogP) is 3.47. The van der Waals surface area contributed by atoms with E-state index in [4.69, 9.17) is 21.1 Å². The van der Waals surface area contributed by atoms with Crippen molar-refractivity contribution in [1.82, 2.24) is 0 Å². The molecule has 0 spiro atoms. The molecule has 118 valence electrons. The first-order valence-electron chi connectivity index (χ1n) is 6.38. The molecular weight excluding hydrogens is 326 g/mol. The number of benzene rings is 2. The summed E-state index contributed by atoms with van der Waals surface area (Å²) in [5, 5.41) is 0.407. The molecule has 0 heterocycles. The van der Waals surface area contributed by atoms with Crippen molar-refractivity contribution in [2.45, 2.75) is 11.8 Å². The van der Waals surface area contributed by atoms with Crippen molar-refractivity contribution in [1.29, 1.82) is 0 Å².